The van der Waals surface area contributed by atoms with Gasteiger partial charge < -0.3 is 0 Å². The number of halogens is 6. The van der Waals surface area contributed by atoms with E-state index in [9.17, 15) is 26.3 Å². The first-order valence-corrected chi connectivity index (χ1v) is 3.73. The lowest BCUT2D eigenvalue weighted by molar-refractivity contribution is -0.162. The summed E-state index contributed by atoms with van der Waals surface area (Å²) in [5.74, 6) is 0. The van der Waals surface area contributed by atoms with Crippen LogP contribution in [-0.4, -0.2) is 4.98 Å². The molecule has 0 aliphatic carbocycles. The van der Waals surface area contributed by atoms with E-state index in [0.29, 0.717) is 6.07 Å². The Morgan fingerprint density at radius 1 is 0.933 bits per heavy atom. The third-order valence-electron chi connectivity index (χ3n) is 1.65. The van der Waals surface area contributed by atoms with Crippen molar-refractivity contribution in [3.05, 3.63) is 29.1 Å². The Bertz CT molecular complexity index is 364. The summed E-state index contributed by atoms with van der Waals surface area (Å²) in [5.41, 5.74) is -3.58. The maximum absolute atomic E-state index is 12.2. The Morgan fingerprint density at radius 2 is 1.40 bits per heavy atom. The summed E-state index contributed by atoms with van der Waals surface area (Å²) in [7, 11) is 0. The second-order valence-electron chi connectivity index (χ2n) is 2.87. The standard InChI is InChI=1S/C8H5F6N/c1-4-2-5(7(9,10)11)6(3-15-4)8(12,13)14/h2-3H,1H3. The van der Waals surface area contributed by atoms with Gasteiger partial charge in [-0.3, -0.25) is 4.98 Å². The molecular formula is C8H5F6N. The Hall–Kier alpha value is -1.27. The zero-order valence-corrected chi connectivity index (χ0v) is 7.37. The summed E-state index contributed by atoms with van der Waals surface area (Å²) in [5, 5.41) is 0. The van der Waals surface area contributed by atoms with Gasteiger partial charge in [-0.2, -0.15) is 26.3 Å². The topological polar surface area (TPSA) is 12.9 Å². The number of nitrogens with zero attached hydrogens (tertiary/aromatic N) is 1. The number of aryl methyl sites for hydroxylation is 1. The predicted molar refractivity (Wildman–Crippen MR) is 39.0 cm³/mol. The van der Waals surface area contributed by atoms with Gasteiger partial charge in [-0.1, -0.05) is 0 Å². The van der Waals surface area contributed by atoms with Gasteiger partial charge in [0.05, 0.1) is 11.1 Å². The van der Waals surface area contributed by atoms with E-state index in [1.165, 1.54) is 6.92 Å². The second kappa shape index (κ2) is 3.39. The molecule has 7 heteroatoms. The molecule has 0 atom stereocenters. The SMILES string of the molecule is Cc1cc(C(F)(F)F)c(C(F)(F)F)cn1. The molecule has 0 N–H and O–H groups in total. The zero-order chi connectivity index (χ0) is 11.9. The normalized spacial score (nSPS) is 13.0. The molecule has 0 aromatic carbocycles. The van der Waals surface area contributed by atoms with Crippen LogP contribution in [0.1, 0.15) is 16.8 Å². The largest absolute Gasteiger partial charge is 0.418 e. The molecule has 0 spiro atoms. The van der Waals surface area contributed by atoms with E-state index in [1.807, 2.05) is 0 Å². The summed E-state index contributed by atoms with van der Waals surface area (Å²) in [6.45, 7) is 1.19. The van der Waals surface area contributed by atoms with Crippen molar-refractivity contribution in [2.24, 2.45) is 0 Å². The fraction of sp³-hybridized carbons (Fsp3) is 0.375. The molecule has 0 unspecified atom stereocenters. The molecule has 0 aliphatic heterocycles. The van der Waals surface area contributed by atoms with Crippen molar-refractivity contribution >= 4 is 0 Å². The Morgan fingerprint density at radius 3 is 1.80 bits per heavy atom. The summed E-state index contributed by atoms with van der Waals surface area (Å²) in [6, 6.07) is 0.378. The van der Waals surface area contributed by atoms with Crippen LogP contribution in [0.2, 0.25) is 0 Å². The van der Waals surface area contributed by atoms with Crippen LogP contribution in [0.3, 0.4) is 0 Å². The minimum Gasteiger partial charge on any atom is -0.261 e. The van der Waals surface area contributed by atoms with Gasteiger partial charge >= 0.3 is 12.4 Å². The maximum atomic E-state index is 12.2. The van der Waals surface area contributed by atoms with E-state index in [4.69, 9.17) is 0 Å². The smallest absolute Gasteiger partial charge is 0.261 e. The van der Waals surface area contributed by atoms with Crippen molar-refractivity contribution in [1.29, 1.82) is 0 Å². The highest BCUT2D eigenvalue weighted by molar-refractivity contribution is 5.31. The van der Waals surface area contributed by atoms with Gasteiger partial charge in [0.1, 0.15) is 0 Å². The molecule has 0 fully saturated rings. The van der Waals surface area contributed by atoms with Crippen molar-refractivity contribution in [3.8, 4) is 0 Å². The molecule has 1 aromatic rings. The van der Waals surface area contributed by atoms with Crippen LogP contribution in [0.25, 0.3) is 0 Å². The van der Waals surface area contributed by atoms with Gasteiger partial charge in [0.15, 0.2) is 0 Å². The Balaban J connectivity index is 3.41. The minimum atomic E-state index is -5.05. The number of hydrogen-bond donors (Lipinski definition) is 0. The van der Waals surface area contributed by atoms with E-state index >= 15 is 0 Å². The zero-order valence-electron chi connectivity index (χ0n) is 7.37. The first-order valence-electron chi connectivity index (χ1n) is 3.73. The lowest BCUT2D eigenvalue weighted by atomic mass is 10.1. The molecule has 1 rings (SSSR count). The highest BCUT2D eigenvalue weighted by Gasteiger charge is 2.43. The number of hydrogen-bond acceptors (Lipinski definition) is 1. The molecule has 1 heterocycles. The summed E-state index contributed by atoms with van der Waals surface area (Å²) < 4.78 is 73.2. The summed E-state index contributed by atoms with van der Waals surface area (Å²) >= 11 is 0. The molecule has 1 aromatic heterocycles. The average molecular weight is 229 g/mol. The van der Waals surface area contributed by atoms with Crippen LogP contribution >= 0.6 is 0 Å². The highest BCUT2D eigenvalue weighted by Crippen LogP contribution is 2.39. The molecular weight excluding hydrogens is 224 g/mol. The van der Waals surface area contributed by atoms with Crippen LogP contribution in [0, 0.1) is 6.92 Å². The number of alkyl halides is 6. The van der Waals surface area contributed by atoms with E-state index < -0.39 is 23.5 Å². The van der Waals surface area contributed by atoms with Gasteiger partial charge in [0, 0.05) is 11.9 Å². The van der Waals surface area contributed by atoms with Gasteiger partial charge in [-0.05, 0) is 13.0 Å². The number of rotatable bonds is 0. The molecule has 0 saturated heterocycles. The molecule has 1 nitrogen and oxygen atoms in total. The van der Waals surface area contributed by atoms with Crippen molar-refractivity contribution in [1.82, 2.24) is 4.98 Å². The summed E-state index contributed by atoms with van der Waals surface area (Å²) in [6.07, 6.45) is -9.89. The van der Waals surface area contributed by atoms with Crippen molar-refractivity contribution in [2.75, 3.05) is 0 Å². The van der Waals surface area contributed by atoms with Gasteiger partial charge in [-0.25, -0.2) is 0 Å². The molecule has 0 aliphatic rings. The van der Waals surface area contributed by atoms with Gasteiger partial charge in [-0.15, -0.1) is 0 Å². The monoisotopic (exact) mass is 229 g/mol. The lowest BCUT2D eigenvalue weighted by Gasteiger charge is -2.14. The van der Waals surface area contributed by atoms with Crippen LogP contribution in [0.15, 0.2) is 12.3 Å². The van der Waals surface area contributed by atoms with Crippen molar-refractivity contribution in [2.45, 2.75) is 19.3 Å². The van der Waals surface area contributed by atoms with E-state index in [0.717, 1.165) is 0 Å². The minimum absolute atomic E-state index is 0.115. The average Bonchev–Trinajstić information content (AvgIpc) is 2.00. The number of aromatic nitrogens is 1. The predicted octanol–water partition coefficient (Wildman–Crippen LogP) is 3.43. The molecule has 84 valence electrons. The van der Waals surface area contributed by atoms with E-state index in [-0.39, 0.29) is 11.9 Å². The third-order valence-corrected chi connectivity index (χ3v) is 1.65. The fourth-order valence-electron chi connectivity index (χ4n) is 1.02. The van der Waals surface area contributed by atoms with Crippen LogP contribution in [0.4, 0.5) is 26.3 Å². The maximum Gasteiger partial charge on any atom is 0.418 e. The quantitative estimate of drug-likeness (QED) is 0.621. The van der Waals surface area contributed by atoms with Crippen molar-refractivity contribution < 1.29 is 26.3 Å². The Kier molecular flexibility index (Phi) is 2.67. The molecule has 15 heavy (non-hydrogen) atoms. The third kappa shape index (κ3) is 2.60. The van der Waals surface area contributed by atoms with Crippen LogP contribution < -0.4 is 0 Å². The second-order valence-corrected chi connectivity index (χ2v) is 2.87. The summed E-state index contributed by atoms with van der Waals surface area (Å²) in [4.78, 5) is 3.20. The Labute approximate surface area is 80.7 Å². The van der Waals surface area contributed by atoms with Gasteiger partial charge in [0.2, 0.25) is 0 Å². The first-order chi connectivity index (χ1) is 6.62. The van der Waals surface area contributed by atoms with Crippen molar-refractivity contribution in [3.63, 3.8) is 0 Å². The fourth-order valence-corrected chi connectivity index (χ4v) is 1.02. The molecule has 0 radical (unpaired) electrons. The van der Waals surface area contributed by atoms with Crippen LogP contribution in [0.5, 0.6) is 0 Å². The molecule has 0 bridgehead atoms. The molecule has 0 amide bonds. The first kappa shape index (κ1) is 11.8. The molecule has 0 saturated carbocycles. The number of pyridine rings is 1. The van der Waals surface area contributed by atoms with Crippen LogP contribution in [-0.2, 0) is 12.4 Å². The van der Waals surface area contributed by atoms with E-state index in [2.05, 4.69) is 4.98 Å². The highest BCUT2D eigenvalue weighted by atomic mass is 19.4. The van der Waals surface area contributed by atoms with Gasteiger partial charge in [0.25, 0.3) is 0 Å². The lowest BCUT2D eigenvalue weighted by Crippen LogP contribution is -2.17. The van der Waals surface area contributed by atoms with E-state index in [1.54, 1.807) is 0 Å².